The summed E-state index contributed by atoms with van der Waals surface area (Å²) in [6.45, 7) is 1.34. The normalized spacial score (nSPS) is 23.4. The van der Waals surface area contributed by atoms with Crippen LogP contribution >= 0.6 is 11.6 Å². The van der Waals surface area contributed by atoms with Crippen LogP contribution in [0.1, 0.15) is 37.7 Å². The minimum absolute atomic E-state index is 0. The van der Waals surface area contributed by atoms with Gasteiger partial charge in [0.15, 0.2) is 6.54 Å². The molecule has 0 bridgehead atoms. The molecule has 5 rings (SSSR count). The van der Waals surface area contributed by atoms with Gasteiger partial charge in [0.2, 0.25) is 5.84 Å². The van der Waals surface area contributed by atoms with E-state index in [9.17, 15) is 9.90 Å². The zero-order valence-corrected chi connectivity index (χ0v) is 19.4. The van der Waals surface area contributed by atoms with Crippen LogP contribution in [0.3, 0.4) is 0 Å². The van der Waals surface area contributed by atoms with Gasteiger partial charge in [-0.15, -0.1) is 5.10 Å². The summed E-state index contributed by atoms with van der Waals surface area (Å²) >= 11 is 6.09. The van der Waals surface area contributed by atoms with Gasteiger partial charge in [0, 0.05) is 17.0 Å². The van der Waals surface area contributed by atoms with Crippen LogP contribution < -0.4 is 22.0 Å². The third-order valence-corrected chi connectivity index (χ3v) is 6.31. The van der Waals surface area contributed by atoms with Gasteiger partial charge in [0.25, 0.3) is 17.5 Å². The molecule has 8 heteroatoms. The molecule has 0 aliphatic carbocycles. The molecule has 1 atom stereocenters. The van der Waals surface area contributed by atoms with Crippen LogP contribution in [-0.4, -0.2) is 45.2 Å². The highest BCUT2D eigenvalue weighted by atomic mass is 79.9. The summed E-state index contributed by atoms with van der Waals surface area (Å²) < 4.78 is 2.25. The minimum atomic E-state index is -1.29. The molecule has 0 saturated carbocycles. The van der Waals surface area contributed by atoms with E-state index < -0.39 is 5.72 Å². The molecule has 162 valence electrons. The van der Waals surface area contributed by atoms with Gasteiger partial charge in [-0.25, -0.2) is 0 Å². The highest BCUT2D eigenvalue weighted by Gasteiger charge is 2.57. The van der Waals surface area contributed by atoms with Crippen LogP contribution in [0.5, 0.6) is 0 Å². The second-order valence-electron chi connectivity index (χ2n) is 8.04. The summed E-state index contributed by atoms with van der Waals surface area (Å²) in [5, 5.41) is 18.7. The van der Waals surface area contributed by atoms with Crippen molar-refractivity contribution in [1.29, 1.82) is 0 Å². The van der Waals surface area contributed by atoms with Gasteiger partial charge >= 0.3 is 0 Å². The van der Waals surface area contributed by atoms with Crippen molar-refractivity contribution in [3.63, 3.8) is 0 Å². The van der Waals surface area contributed by atoms with Crippen LogP contribution in [0.4, 0.5) is 5.69 Å². The topological polar surface area (TPSA) is 59.1 Å². The number of anilines is 1. The molecule has 0 fully saturated rings. The van der Waals surface area contributed by atoms with Crippen LogP contribution in [0.15, 0.2) is 59.7 Å². The number of carbonyl (C=O) groups excluding carboxylic acids is 1. The van der Waals surface area contributed by atoms with E-state index in [1.54, 1.807) is 12.1 Å². The molecule has 3 aliphatic rings. The molecule has 1 N–H and O–H groups in total. The largest absolute Gasteiger partial charge is 1.00 e. The van der Waals surface area contributed by atoms with Crippen LogP contribution in [0.2, 0.25) is 5.02 Å². The van der Waals surface area contributed by atoms with Gasteiger partial charge in [-0.2, -0.15) is 9.91 Å². The number of carbonyl (C=O) groups is 1. The minimum Gasteiger partial charge on any atom is -1.00 e. The average Bonchev–Trinajstić information content (AvgIpc) is 3.17. The second-order valence-corrected chi connectivity index (χ2v) is 8.48. The van der Waals surface area contributed by atoms with Crippen LogP contribution in [0.25, 0.3) is 0 Å². The Bertz CT molecular complexity index is 1040. The van der Waals surface area contributed by atoms with E-state index in [-0.39, 0.29) is 29.3 Å². The molecule has 1 unspecified atom stereocenters. The molecule has 31 heavy (non-hydrogen) atoms. The third kappa shape index (κ3) is 3.90. The number of hydrogen-bond donors (Lipinski definition) is 1. The van der Waals surface area contributed by atoms with Crippen molar-refractivity contribution in [2.45, 2.75) is 37.8 Å². The molecule has 3 aliphatic heterocycles. The van der Waals surface area contributed by atoms with Crippen LogP contribution in [-0.2, 0) is 10.5 Å². The van der Waals surface area contributed by atoms with Gasteiger partial charge in [-0.3, -0.25) is 9.37 Å². The maximum atomic E-state index is 12.8. The standard InChI is InChI=1S/C23H24ClN4O2.BrH/c24-18-12-10-17(11-13-18)23(30)16-26-14-6-2-5-9-21(26)27(23)20-15-22(29)28(25-20)19-7-3-1-4-8-19;/h1,3-4,7-8,10-13,30H,2,5-6,9,14-16H2;1H/q+1;/p-1. The second kappa shape index (κ2) is 8.73. The van der Waals surface area contributed by atoms with Gasteiger partial charge in [0.1, 0.15) is 6.42 Å². The predicted octanol–water partition coefficient (Wildman–Crippen LogP) is 0.540. The number of para-hydroxylation sites is 1. The Kier molecular flexibility index (Phi) is 6.19. The molecule has 0 aromatic heterocycles. The molecule has 0 spiro atoms. The number of aliphatic hydroxyl groups is 1. The van der Waals surface area contributed by atoms with Crippen molar-refractivity contribution in [2.24, 2.45) is 5.10 Å². The maximum Gasteiger partial charge on any atom is 0.276 e. The number of hydrazone groups is 1. The first-order chi connectivity index (χ1) is 14.6. The first-order valence-electron chi connectivity index (χ1n) is 10.4. The maximum absolute atomic E-state index is 12.8. The molecule has 1 amide bonds. The lowest BCUT2D eigenvalue weighted by Gasteiger charge is -2.28. The summed E-state index contributed by atoms with van der Waals surface area (Å²) in [5.41, 5.74) is 0.193. The predicted molar refractivity (Wildman–Crippen MR) is 117 cm³/mol. The van der Waals surface area contributed by atoms with Gasteiger partial charge in [-0.1, -0.05) is 41.9 Å². The van der Waals surface area contributed by atoms with E-state index in [0.717, 1.165) is 49.3 Å². The number of amidine groups is 2. The summed E-state index contributed by atoms with van der Waals surface area (Å²) in [6.07, 6.45) is 4.32. The fourth-order valence-electron chi connectivity index (χ4n) is 4.63. The monoisotopic (exact) mass is 502 g/mol. The first-order valence-corrected chi connectivity index (χ1v) is 10.8. The van der Waals surface area contributed by atoms with Crippen molar-refractivity contribution in [3.8, 4) is 0 Å². The lowest BCUT2D eigenvalue weighted by Crippen LogP contribution is -3.00. The van der Waals surface area contributed by atoms with Crippen molar-refractivity contribution in [3.05, 3.63) is 65.2 Å². The number of hydrogen-bond acceptors (Lipinski definition) is 4. The Hall–Kier alpha value is -2.22. The number of rotatable bonds is 2. The van der Waals surface area contributed by atoms with E-state index in [0.29, 0.717) is 17.4 Å². The summed E-state index contributed by atoms with van der Waals surface area (Å²) in [5.74, 6) is 1.54. The van der Waals surface area contributed by atoms with Crippen molar-refractivity contribution in [1.82, 2.24) is 4.90 Å². The van der Waals surface area contributed by atoms with Gasteiger partial charge in [-0.05, 0) is 43.5 Å². The first kappa shape index (κ1) is 22.0. The summed E-state index contributed by atoms with van der Waals surface area (Å²) in [7, 11) is 0. The van der Waals surface area contributed by atoms with Gasteiger partial charge < -0.3 is 22.1 Å². The van der Waals surface area contributed by atoms with Crippen molar-refractivity contribution >= 4 is 34.9 Å². The summed E-state index contributed by atoms with van der Waals surface area (Å²) in [4.78, 5) is 14.7. The smallest absolute Gasteiger partial charge is 0.276 e. The molecule has 0 saturated heterocycles. The molecular weight excluding hydrogens is 480 g/mol. The number of nitrogens with zero attached hydrogens (tertiary/aromatic N) is 4. The summed E-state index contributed by atoms with van der Waals surface area (Å²) in [6, 6.07) is 16.7. The van der Waals surface area contributed by atoms with Gasteiger partial charge in [0.05, 0.1) is 12.2 Å². The van der Waals surface area contributed by atoms with Crippen LogP contribution in [0, 0.1) is 0 Å². The zero-order valence-electron chi connectivity index (χ0n) is 17.0. The average molecular weight is 504 g/mol. The molecule has 0 radical (unpaired) electrons. The lowest BCUT2D eigenvalue weighted by molar-refractivity contribution is -0.534. The highest BCUT2D eigenvalue weighted by molar-refractivity contribution is 6.30. The lowest BCUT2D eigenvalue weighted by atomic mass is 10.00. The van der Waals surface area contributed by atoms with E-state index in [1.165, 1.54) is 5.01 Å². The van der Waals surface area contributed by atoms with E-state index >= 15 is 0 Å². The van der Waals surface area contributed by atoms with E-state index in [2.05, 4.69) is 9.68 Å². The fraction of sp³-hybridized carbons (Fsp3) is 0.348. The quantitative estimate of drug-likeness (QED) is 0.609. The van der Waals surface area contributed by atoms with Crippen molar-refractivity contribution in [2.75, 3.05) is 18.1 Å². The Morgan fingerprint density at radius 2 is 1.77 bits per heavy atom. The number of amides is 1. The molecule has 3 heterocycles. The molecular formula is C23H24BrClN4O2. The Morgan fingerprint density at radius 1 is 1.03 bits per heavy atom. The fourth-order valence-corrected chi connectivity index (χ4v) is 4.76. The van der Waals surface area contributed by atoms with Crippen molar-refractivity contribution < 1.29 is 31.5 Å². The Morgan fingerprint density at radius 3 is 2.52 bits per heavy atom. The highest BCUT2D eigenvalue weighted by Crippen LogP contribution is 2.37. The Balaban J connectivity index is 0.00000231. The SMILES string of the molecule is O=C1CC(N2C3=[N+](CCCCC3)CC2(O)c2ccc(Cl)cc2)=NN1c1ccccc1.[Br-]. The number of benzene rings is 2. The zero-order chi connectivity index (χ0) is 20.7. The number of halogens is 2. The molecule has 2 aromatic rings. The third-order valence-electron chi connectivity index (χ3n) is 6.06. The van der Waals surface area contributed by atoms with E-state index in [1.807, 2.05) is 47.4 Å². The molecule has 6 nitrogen and oxygen atoms in total. The van der Waals surface area contributed by atoms with E-state index in [4.69, 9.17) is 11.6 Å². The Labute approximate surface area is 197 Å². The molecule has 2 aromatic carbocycles.